The number of imide groups is 1. The number of hydrogen-bond donors (Lipinski definition) is 1. The highest BCUT2D eigenvalue weighted by Crippen LogP contribution is 2.39. The molecule has 0 aliphatic carbocycles. The van der Waals surface area contributed by atoms with Crippen molar-refractivity contribution in [2.45, 2.75) is 45.4 Å². The van der Waals surface area contributed by atoms with Gasteiger partial charge in [0.15, 0.2) is 5.82 Å². The van der Waals surface area contributed by atoms with E-state index in [2.05, 4.69) is 9.97 Å². The van der Waals surface area contributed by atoms with E-state index < -0.39 is 17.4 Å². The summed E-state index contributed by atoms with van der Waals surface area (Å²) >= 11 is 6.18. The molecule has 1 atom stereocenters. The van der Waals surface area contributed by atoms with E-state index in [1.54, 1.807) is 0 Å². The van der Waals surface area contributed by atoms with E-state index >= 15 is 0 Å². The van der Waals surface area contributed by atoms with Crippen LogP contribution < -0.4 is 4.90 Å². The lowest BCUT2D eigenvalue weighted by molar-refractivity contribution is -0.118. The molecule has 108 valence electrons. The number of halogens is 1. The second kappa shape index (κ2) is 4.70. The van der Waals surface area contributed by atoms with Crippen LogP contribution in [0.3, 0.4) is 0 Å². The highest BCUT2D eigenvalue weighted by Gasteiger charge is 2.37. The Morgan fingerprint density at radius 2 is 2.00 bits per heavy atom. The average Bonchev–Trinajstić information content (AvgIpc) is 2.25. The van der Waals surface area contributed by atoms with Crippen molar-refractivity contribution in [3.05, 3.63) is 16.5 Å². The van der Waals surface area contributed by atoms with Crippen LogP contribution in [0.25, 0.3) is 0 Å². The predicted molar refractivity (Wildman–Crippen MR) is 74.3 cm³/mol. The first kappa shape index (κ1) is 14.7. The zero-order chi connectivity index (χ0) is 15.2. The predicted octanol–water partition coefficient (Wildman–Crippen LogP) is 2.95. The van der Waals surface area contributed by atoms with Gasteiger partial charge in [-0.3, -0.25) is 4.79 Å². The van der Waals surface area contributed by atoms with Crippen LogP contribution >= 0.6 is 11.6 Å². The van der Waals surface area contributed by atoms with Crippen molar-refractivity contribution in [1.29, 1.82) is 0 Å². The molecule has 1 aliphatic rings. The normalized spacial score (nSPS) is 18.9. The third kappa shape index (κ3) is 2.35. The molecule has 7 heteroatoms. The number of fused-ring (bicyclic) bond motifs is 1. The van der Waals surface area contributed by atoms with Crippen molar-refractivity contribution in [1.82, 2.24) is 9.97 Å². The largest absolute Gasteiger partial charge is 0.464 e. The number of anilines is 1. The van der Waals surface area contributed by atoms with Gasteiger partial charge in [-0.2, -0.15) is 4.90 Å². The third-order valence-corrected chi connectivity index (χ3v) is 3.46. The van der Waals surface area contributed by atoms with Crippen molar-refractivity contribution in [2.75, 3.05) is 4.90 Å². The topological polar surface area (TPSA) is 83.4 Å². The number of hydrogen-bond acceptors (Lipinski definition) is 4. The van der Waals surface area contributed by atoms with Gasteiger partial charge < -0.3 is 5.11 Å². The summed E-state index contributed by atoms with van der Waals surface area (Å²) in [6.45, 7) is 7.49. The van der Waals surface area contributed by atoms with Gasteiger partial charge in [0.2, 0.25) is 5.91 Å². The lowest BCUT2D eigenvalue weighted by atomic mass is 9.92. The molecule has 1 aromatic rings. The molecule has 2 rings (SSSR count). The van der Waals surface area contributed by atoms with Crippen LogP contribution in [-0.2, 0) is 10.2 Å². The number of nitrogens with zero attached hydrogens (tertiary/aromatic N) is 3. The second-order valence-electron chi connectivity index (χ2n) is 5.94. The zero-order valence-electron chi connectivity index (χ0n) is 11.8. The Bertz CT molecular complexity index is 595. The molecule has 1 aromatic heterocycles. The molecule has 1 aliphatic heterocycles. The SMILES string of the molecule is C[C@@H]1CC(=O)N(C(=O)O)c2nc(C(C)(C)C)nc(Cl)c21. The first-order valence-electron chi connectivity index (χ1n) is 6.26. The van der Waals surface area contributed by atoms with Crippen LogP contribution in [0, 0.1) is 0 Å². The summed E-state index contributed by atoms with van der Waals surface area (Å²) in [5.74, 6) is -0.192. The Morgan fingerprint density at radius 1 is 1.40 bits per heavy atom. The average molecular weight is 298 g/mol. The van der Waals surface area contributed by atoms with Crippen molar-refractivity contribution >= 4 is 29.4 Å². The Hall–Kier alpha value is -1.69. The standard InChI is InChI=1S/C13H16ClN3O3/c1-6-5-7(18)17(12(19)20)10-8(6)9(14)15-11(16-10)13(2,3)4/h6H,5H2,1-4H3,(H,19,20)/t6-/m1/s1. The third-order valence-electron chi connectivity index (χ3n) is 3.18. The fourth-order valence-electron chi connectivity index (χ4n) is 2.13. The minimum atomic E-state index is -1.35. The van der Waals surface area contributed by atoms with Crippen LogP contribution in [0.1, 0.15) is 51.4 Å². The fourth-order valence-corrected chi connectivity index (χ4v) is 2.48. The van der Waals surface area contributed by atoms with Crippen molar-refractivity contribution in [2.24, 2.45) is 0 Å². The monoisotopic (exact) mass is 297 g/mol. The van der Waals surface area contributed by atoms with Crippen LogP contribution in [0.4, 0.5) is 10.6 Å². The molecule has 0 radical (unpaired) electrons. The smallest absolute Gasteiger partial charge is 0.420 e. The summed E-state index contributed by atoms with van der Waals surface area (Å²) in [5.41, 5.74) is 0.119. The van der Waals surface area contributed by atoms with Crippen LogP contribution in [-0.4, -0.2) is 27.1 Å². The van der Waals surface area contributed by atoms with Gasteiger partial charge in [-0.25, -0.2) is 14.8 Å². The van der Waals surface area contributed by atoms with Crippen LogP contribution in [0.15, 0.2) is 0 Å². The molecule has 2 heterocycles. The van der Waals surface area contributed by atoms with Crippen molar-refractivity contribution in [3.8, 4) is 0 Å². The molecule has 2 amide bonds. The van der Waals surface area contributed by atoms with Crippen molar-refractivity contribution in [3.63, 3.8) is 0 Å². The lowest BCUT2D eigenvalue weighted by Crippen LogP contribution is -2.41. The van der Waals surface area contributed by atoms with Crippen LogP contribution in [0.2, 0.25) is 5.15 Å². The zero-order valence-corrected chi connectivity index (χ0v) is 12.5. The maximum absolute atomic E-state index is 11.9. The van der Waals surface area contributed by atoms with E-state index in [4.69, 9.17) is 11.6 Å². The van der Waals surface area contributed by atoms with Crippen molar-refractivity contribution < 1.29 is 14.7 Å². The van der Waals surface area contributed by atoms with Crippen LogP contribution in [0.5, 0.6) is 0 Å². The molecular formula is C13H16ClN3O3. The van der Waals surface area contributed by atoms with E-state index in [0.29, 0.717) is 16.3 Å². The molecule has 6 nitrogen and oxygen atoms in total. The van der Waals surface area contributed by atoms with Gasteiger partial charge in [-0.1, -0.05) is 39.3 Å². The Morgan fingerprint density at radius 3 is 2.50 bits per heavy atom. The highest BCUT2D eigenvalue weighted by molar-refractivity contribution is 6.31. The van der Waals surface area contributed by atoms with E-state index in [-0.39, 0.29) is 23.3 Å². The summed E-state index contributed by atoms with van der Waals surface area (Å²) < 4.78 is 0. The van der Waals surface area contributed by atoms with E-state index in [9.17, 15) is 14.7 Å². The lowest BCUT2D eigenvalue weighted by Gasteiger charge is -2.30. The highest BCUT2D eigenvalue weighted by atomic mass is 35.5. The first-order chi connectivity index (χ1) is 9.12. The van der Waals surface area contributed by atoms with E-state index in [0.717, 1.165) is 0 Å². The Labute approximate surface area is 121 Å². The van der Waals surface area contributed by atoms with E-state index in [1.165, 1.54) is 0 Å². The summed E-state index contributed by atoms with van der Waals surface area (Å²) in [4.78, 5) is 32.4. The number of rotatable bonds is 0. The Balaban J connectivity index is 2.72. The quantitative estimate of drug-likeness (QED) is 0.744. The molecule has 0 aromatic carbocycles. The Kier molecular flexibility index (Phi) is 3.46. The fraction of sp³-hybridized carbons (Fsp3) is 0.538. The number of carbonyl (C=O) groups is 2. The summed E-state index contributed by atoms with van der Waals surface area (Å²) in [7, 11) is 0. The van der Waals surface area contributed by atoms with Gasteiger partial charge in [-0.15, -0.1) is 0 Å². The molecule has 0 unspecified atom stereocenters. The van der Waals surface area contributed by atoms with Gasteiger partial charge in [-0.05, 0) is 5.92 Å². The number of carbonyl (C=O) groups excluding carboxylic acids is 1. The maximum Gasteiger partial charge on any atom is 0.420 e. The van der Waals surface area contributed by atoms with E-state index in [1.807, 2.05) is 27.7 Å². The van der Waals surface area contributed by atoms with Gasteiger partial charge in [0.25, 0.3) is 0 Å². The first-order valence-corrected chi connectivity index (χ1v) is 6.64. The summed E-state index contributed by atoms with van der Waals surface area (Å²) in [6, 6.07) is 0. The minimum absolute atomic E-state index is 0.0806. The minimum Gasteiger partial charge on any atom is -0.464 e. The van der Waals surface area contributed by atoms with Gasteiger partial charge in [0.1, 0.15) is 11.0 Å². The van der Waals surface area contributed by atoms with Gasteiger partial charge in [0.05, 0.1) is 0 Å². The molecule has 1 N–H and O–H groups in total. The van der Waals surface area contributed by atoms with Gasteiger partial charge >= 0.3 is 6.09 Å². The molecule has 0 fully saturated rings. The molecule has 0 saturated heterocycles. The maximum atomic E-state index is 11.9. The molecular weight excluding hydrogens is 282 g/mol. The number of amides is 2. The number of carboxylic acid groups (broad SMARTS) is 1. The summed E-state index contributed by atoms with van der Waals surface area (Å²) in [5, 5.41) is 9.44. The molecule has 20 heavy (non-hydrogen) atoms. The second-order valence-corrected chi connectivity index (χ2v) is 6.30. The van der Waals surface area contributed by atoms with Gasteiger partial charge in [0, 0.05) is 17.4 Å². The molecule has 0 saturated carbocycles. The summed E-state index contributed by atoms with van der Waals surface area (Å²) in [6.07, 6.45) is -1.27. The molecule has 0 bridgehead atoms. The molecule has 0 spiro atoms. The number of aromatic nitrogens is 2.